The second kappa shape index (κ2) is 4.69. The maximum Gasteiger partial charge on any atom is 0.146 e. The van der Waals surface area contributed by atoms with E-state index in [9.17, 15) is 0 Å². The first-order valence-electron chi connectivity index (χ1n) is 6.37. The maximum atomic E-state index is 5.86. The van der Waals surface area contributed by atoms with E-state index in [4.69, 9.17) is 5.73 Å². The van der Waals surface area contributed by atoms with E-state index in [1.165, 1.54) is 11.1 Å². The number of anilines is 2. The van der Waals surface area contributed by atoms with E-state index in [-0.39, 0.29) is 0 Å². The summed E-state index contributed by atoms with van der Waals surface area (Å²) < 4.78 is 0. The van der Waals surface area contributed by atoms with Crippen molar-refractivity contribution >= 4 is 11.5 Å². The molecule has 0 fully saturated rings. The van der Waals surface area contributed by atoms with Crippen molar-refractivity contribution in [1.29, 1.82) is 0 Å². The summed E-state index contributed by atoms with van der Waals surface area (Å²) in [6.45, 7) is 0. The molecule has 1 aromatic heterocycles. The highest BCUT2D eigenvalue weighted by molar-refractivity contribution is 5.61. The monoisotopic (exact) mass is 239 g/mol. The minimum Gasteiger partial charge on any atom is -0.382 e. The molecular weight excluding hydrogens is 222 g/mol. The molecule has 3 N–H and O–H groups in total. The van der Waals surface area contributed by atoms with Gasteiger partial charge in [0.25, 0.3) is 0 Å². The van der Waals surface area contributed by atoms with Crippen molar-refractivity contribution in [3.63, 3.8) is 0 Å². The second-order valence-corrected chi connectivity index (χ2v) is 4.79. The first-order chi connectivity index (χ1) is 8.83. The van der Waals surface area contributed by atoms with Crippen LogP contribution < -0.4 is 11.1 Å². The van der Waals surface area contributed by atoms with Gasteiger partial charge < -0.3 is 11.1 Å². The van der Waals surface area contributed by atoms with Gasteiger partial charge in [-0.05, 0) is 42.5 Å². The summed E-state index contributed by atoms with van der Waals surface area (Å²) in [6.07, 6.45) is 5.06. The van der Waals surface area contributed by atoms with Gasteiger partial charge in [0.2, 0.25) is 0 Å². The van der Waals surface area contributed by atoms with E-state index in [0.717, 1.165) is 24.9 Å². The largest absolute Gasteiger partial charge is 0.382 e. The fraction of sp³-hybridized carbons (Fsp3) is 0.267. The number of pyridine rings is 1. The summed E-state index contributed by atoms with van der Waals surface area (Å²) in [5, 5.41) is 3.50. The maximum absolute atomic E-state index is 5.86. The molecule has 1 unspecified atom stereocenters. The smallest absolute Gasteiger partial charge is 0.146 e. The Kier molecular flexibility index (Phi) is 2.89. The first-order valence-corrected chi connectivity index (χ1v) is 6.37. The third-order valence-electron chi connectivity index (χ3n) is 3.54. The number of rotatable bonds is 2. The Morgan fingerprint density at radius 3 is 2.78 bits per heavy atom. The number of fused-ring (bicyclic) bond motifs is 1. The van der Waals surface area contributed by atoms with Crippen LogP contribution in [0, 0.1) is 0 Å². The number of benzene rings is 1. The molecule has 92 valence electrons. The minimum absolute atomic E-state index is 0.450. The molecule has 0 bridgehead atoms. The van der Waals surface area contributed by atoms with Crippen LogP contribution in [0.4, 0.5) is 11.5 Å². The van der Waals surface area contributed by atoms with E-state index in [1.807, 2.05) is 12.1 Å². The molecule has 1 aliphatic carbocycles. The zero-order valence-electron chi connectivity index (χ0n) is 10.3. The molecule has 0 spiro atoms. The Balaban J connectivity index is 1.75. The molecule has 1 aliphatic rings. The van der Waals surface area contributed by atoms with Gasteiger partial charge in [-0.2, -0.15) is 0 Å². The van der Waals surface area contributed by atoms with Crippen LogP contribution in [0.5, 0.6) is 0 Å². The normalized spacial score (nSPS) is 18.1. The third-order valence-corrected chi connectivity index (χ3v) is 3.54. The van der Waals surface area contributed by atoms with E-state index in [0.29, 0.717) is 11.9 Å². The van der Waals surface area contributed by atoms with Crippen molar-refractivity contribution in [2.75, 3.05) is 11.1 Å². The lowest BCUT2D eigenvalue weighted by molar-refractivity contribution is 0.611. The molecule has 1 heterocycles. The predicted molar refractivity (Wildman–Crippen MR) is 74.5 cm³/mol. The van der Waals surface area contributed by atoms with Crippen LogP contribution in [0.2, 0.25) is 0 Å². The number of nitrogens with zero attached hydrogens (tertiary/aromatic N) is 1. The number of nitrogen functional groups attached to an aromatic ring is 1. The van der Waals surface area contributed by atoms with Gasteiger partial charge in [0, 0.05) is 12.2 Å². The average molecular weight is 239 g/mol. The Morgan fingerprint density at radius 1 is 1.11 bits per heavy atom. The molecule has 1 aromatic carbocycles. The Bertz CT molecular complexity index is 551. The van der Waals surface area contributed by atoms with E-state index in [1.54, 1.807) is 6.20 Å². The van der Waals surface area contributed by atoms with Gasteiger partial charge >= 0.3 is 0 Å². The van der Waals surface area contributed by atoms with Gasteiger partial charge in [0.1, 0.15) is 5.82 Å². The highest BCUT2D eigenvalue weighted by atomic mass is 15.0. The highest BCUT2D eigenvalue weighted by Crippen LogP contribution is 2.24. The van der Waals surface area contributed by atoms with E-state index in [2.05, 4.69) is 34.6 Å². The van der Waals surface area contributed by atoms with Crippen LogP contribution in [-0.2, 0) is 12.8 Å². The van der Waals surface area contributed by atoms with Crippen molar-refractivity contribution in [1.82, 2.24) is 4.98 Å². The Hall–Kier alpha value is -2.03. The highest BCUT2D eigenvalue weighted by Gasteiger charge is 2.18. The number of hydrogen-bond acceptors (Lipinski definition) is 3. The molecule has 2 aromatic rings. The van der Waals surface area contributed by atoms with Crippen LogP contribution in [-0.4, -0.2) is 11.0 Å². The van der Waals surface area contributed by atoms with Crippen LogP contribution in [0.1, 0.15) is 17.5 Å². The lowest BCUT2D eigenvalue weighted by Crippen LogP contribution is -2.27. The lowest BCUT2D eigenvalue weighted by atomic mass is 9.88. The summed E-state index contributed by atoms with van der Waals surface area (Å²) in [5.74, 6) is 0.580. The van der Waals surface area contributed by atoms with Crippen LogP contribution >= 0.6 is 0 Å². The fourth-order valence-electron chi connectivity index (χ4n) is 2.58. The summed E-state index contributed by atoms with van der Waals surface area (Å²) >= 11 is 0. The van der Waals surface area contributed by atoms with Crippen molar-refractivity contribution in [2.24, 2.45) is 0 Å². The number of nitrogens with two attached hydrogens (primary N) is 1. The quantitative estimate of drug-likeness (QED) is 0.847. The van der Waals surface area contributed by atoms with E-state index >= 15 is 0 Å². The molecule has 0 saturated heterocycles. The van der Waals surface area contributed by atoms with Crippen molar-refractivity contribution in [2.45, 2.75) is 25.3 Å². The Labute approximate surface area is 107 Å². The number of hydrogen-bond donors (Lipinski definition) is 2. The zero-order chi connectivity index (χ0) is 12.4. The molecule has 3 rings (SSSR count). The topological polar surface area (TPSA) is 50.9 Å². The first kappa shape index (κ1) is 11.1. The molecule has 3 nitrogen and oxygen atoms in total. The summed E-state index contributed by atoms with van der Waals surface area (Å²) in [6, 6.07) is 13.0. The van der Waals surface area contributed by atoms with Crippen LogP contribution in [0.25, 0.3) is 0 Å². The van der Waals surface area contributed by atoms with Crippen LogP contribution in [0.15, 0.2) is 42.6 Å². The van der Waals surface area contributed by atoms with Gasteiger partial charge in [-0.15, -0.1) is 0 Å². The molecule has 18 heavy (non-hydrogen) atoms. The van der Waals surface area contributed by atoms with Gasteiger partial charge in [0.15, 0.2) is 0 Å². The number of nitrogens with one attached hydrogen (secondary N) is 1. The van der Waals surface area contributed by atoms with Crippen molar-refractivity contribution < 1.29 is 0 Å². The standard InChI is InChI=1S/C15H17N3/c16-15-14(6-3-9-17-15)18-13-8-7-11-4-1-2-5-12(11)10-13/h1-6,9,13,18H,7-8,10H2,(H2,16,17). The van der Waals surface area contributed by atoms with Gasteiger partial charge in [-0.1, -0.05) is 24.3 Å². The fourth-order valence-corrected chi connectivity index (χ4v) is 2.58. The number of aryl methyl sites for hydroxylation is 1. The van der Waals surface area contributed by atoms with E-state index < -0.39 is 0 Å². The lowest BCUT2D eigenvalue weighted by Gasteiger charge is -2.26. The van der Waals surface area contributed by atoms with Crippen molar-refractivity contribution in [3.8, 4) is 0 Å². The third kappa shape index (κ3) is 2.16. The molecule has 0 amide bonds. The molecule has 0 saturated carbocycles. The SMILES string of the molecule is Nc1ncccc1NC1CCc2ccccc2C1. The molecule has 0 radical (unpaired) electrons. The van der Waals surface area contributed by atoms with Gasteiger partial charge in [0.05, 0.1) is 5.69 Å². The second-order valence-electron chi connectivity index (χ2n) is 4.79. The molecular formula is C15H17N3. The summed E-state index contributed by atoms with van der Waals surface area (Å²) in [4.78, 5) is 4.10. The van der Waals surface area contributed by atoms with Crippen LogP contribution in [0.3, 0.4) is 0 Å². The number of aromatic nitrogens is 1. The summed E-state index contributed by atoms with van der Waals surface area (Å²) in [5.41, 5.74) is 9.73. The summed E-state index contributed by atoms with van der Waals surface area (Å²) in [7, 11) is 0. The van der Waals surface area contributed by atoms with Gasteiger partial charge in [-0.3, -0.25) is 0 Å². The molecule has 0 aliphatic heterocycles. The molecule has 1 atom stereocenters. The molecule has 3 heteroatoms. The average Bonchev–Trinajstić information content (AvgIpc) is 2.41. The van der Waals surface area contributed by atoms with Crippen molar-refractivity contribution in [3.05, 3.63) is 53.7 Å². The Morgan fingerprint density at radius 2 is 1.94 bits per heavy atom. The predicted octanol–water partition coefficient (Wildman–Crippen LogP) is 2.63. The zero-order valence-corrected chi connectivity index (χ0v) is 10.3. The minimum atomic E-state index is 0.450. The van der Waals surface area contributed by atoms with Gasteiger partial charge in [-0.25, -0.2) is 4.98 Å².